The van der Waals surface area contributed by atoms with Crippen LogP contribution in [0.5, 0.6) is 0 Å². The number of allylic oxidation sites excluding steroid dienone is 2. The van der Waals surface area contributed by atoms with E-state index >= 15 is 0 Å². The summed E-state index contributed by atoms with van der Waals surface area (Å²) < 4.78 is 2.03. The van der Waals surface area contributed by atoms with E-state index in [1.165, 1.54) is 6.92 Å². The second kappa shape index (κ2) is 11.5. The van der Waals surface area contributed by atoms with Gasteiger partial charge in [0.15, 0.2) is 0 Å². The third kappa shape index (κ3) is 5.76. The molecule has 5 rings (SSSR count). The van der Waals surface area contributed by atoms with Crippen molar-refractivity contribution in [3.05, 3.63) is 47.8 Å². The quantitative estimate of drug-likeness (QED) is 0.458. The molecule has 0 saturated heterocycles. The van der Waals surface area contributed by atoms with Crippen LogP contribution in [0.4, 0.5) is 0 Å². The van der Waals surface area contributed by atoms with E-state index in [-0.39, 0.29) is 53.2 Å². The molecule has 10 heteroatoms. The van der Waals surface area contributed by atoms with Crippen LogP contribution in [0.3, 0.4) is 0 Å². The number of aromatic nitrogens is 1. The molecule has 3 amide bonds. The van der Waals surface area contributed by atoms with E-state index in [0.29, 0.717) is 19.5 Å². The summed E-state index contributed by atoms with van der Waals surface area (Å²) in [7, 11) is 0. The number of nitrogens with one attached hydrogen (secondary N) is 3. The number of aliphatic imine (C=N–C) groups is 1. The molecule has 4 aliphatic rings. The number of hydrogen-bond donors (Lipinski definition) is 3. The van der Waals surface area contributed by atoms with Crippen molar-refractivity contribution in [1.29, 1.82) is 0 Å². The molecular formula is C29H37N5O4S. The zero-order valence-corrected chi connectivity index (χ0v) is 23.5. The SMILES string of the molecule is CC[C@H](C)[C@H](NC(C)=O)C(=O)N[C@H]1CCc2ccn3c2C1C(=O)C[C@H](C(=O)NCC1=NC2C=CC=CC2S1)C3. The number of hydrogen-bond acceptors (Lipinski definition) is 6. The lowest BCUT2D eigenvalue weighted by atomic mass is 9.79. The Morgan fingerprint density at radius 2 is 2.03 bits per heavy atom. The Balaban J connectivity index is 1.28. The van der Waals surface area contributed by atoms with E-state index in [1.807, 2.05) is 42.8 Å². The third-order valence-electron chi connectivity index (χ3n) is 8.32. The van der Waals surface area contributed by atoms with Crippen LogP contribution in [0.1, 0.15) is 57.2 Å². The van der Waals surface area contributed by atoms with E-state index in [1.54, 1.807) is 11.8 Å². The van der Waals surface area contributed by atoms with Crippen LogP contribution in [-0.2, 0) is 32.1 Å². The van der Waals surface area contributed by atoms with Crippen molar-refractivity contribution in [1.82, 2.24) is 20.5 Å². The van der Waals surface area contributed by atoms with Gasteiger partial charge in [-0.15, -0.1) is 0 Å². The summed E-state index contributed by atoms with van der Waals surface area (Å²) in [5.74, 6) is -1.78. The molecule has 3 heterocycles. The number of carbonyl (C=O) groups is 4. The van der Waals surface area contributed by atoms with Crippen LogP contribution in [0.2, 0.25) is 0 Å². The third-order valence-corrected chi connectivity index (χ3v) is 9.55. The van der Waals surface area contributed by atoms with Crippen molar-refractivity contribution < 1.29 is 19.2 Å². The smallest absolute Gasteiger partial charge is 0.243 e. The van der Waals surface area contributed by atoms with Crippen LogP contribution in [0, 0.1) is 11.8 Å². The van der Waals surface area contributed by atoms with Crippen molar-refractivity contribution in [3.8, 4) is 0 Å². The number of ketones is 1. The second-order valence-corrected chi connectivity index (χ2v) is 12.3. The topological polar surface area (TPSA) is 122 Å². The highest BCUT2D eigenvalue weighted by Gasteiger charge is 2.43. The summed E-state index contributed by atoms with van der Waals surface area (Å²) in [6, 6.07) is 1.10. The van der Waals surface area contributed by atoms with Crippen LogP contribution >= 0.6 is 11.8 Å². The lowest BCUT2D eigenvalue weighted by Gasteiger charge is -2.34. The van der Waals surface area contributed by atoms with Crippen LogP contribution < -0.4 is 16.0 Å². The largest absolute Gasteiger partial charge is 0.350 e. The average Bonchev–Trinajstić information content (AvgIpc) is 3.48. The minimum absolute atomic E-state index is 0.0349. The zero-order valence-electron chi connectivity index (χ0n) is 22.7. The predicted octanol–water partition coefficient (Wildman–Crippen LogP) is 2.27. The monoisotopic (exact) mass is 551 g/mol. The molecular weight excluding hydrogens is 514 g/mol. The summed E-state index contributed by atoms with van der Waals surface area (Å²) in [5.41, 5.74) is 2.01. The second-order valence-electron chi connectivity index (χ2n) is 11.0. The van der Waals surface area contributed by atoms with Gasteiger partial charge in [-0.1, -0.05) is 56.3 Å². The van der Waals surface area contributed by atoms with Gasteiger partial charge < -0.3 is 20.5 Å². The molecule has 0 radical (unpaired) electrons. The number of aryl methyl sites for hydroxylation is 1. The lowest BCUT2D eigenvalue weighted by Crippen LogP contribution is -2.54. The van der Waals surface area contributed by atoms with E-state index < -0.39 is 17.9 Å². The first-order valence-electron chi connectivity index (χ1n) is 13.9. The van der Waals surface area contributed by atoms with Crippen molar-refractivity contribution in [2.45, 2.75) is 82.3 Å². The molecule has 0 fully saturated rings. The van der Waals surface area contributed by atoms with Crippen molar-refractivity contribution in [3.63, 3.8) is 0 Å². The van der Waals surface area contributed by atoms with Gasteiger partial charge in [0.1, 0.15) is 11.8 Å². The first-order valence-corrected chi connectivity index (χ1v) is 14.8. The first-order chi connectivity index (χ1) is 18.7. The maximum absolute atomic E-state index is 13.7. The fourth-order valence-corrected chi connectivity index (χ4v) is 7.18. The summed E-state index contributed by atoms with van der Waals surface area (Å²) in [6.45, 7) is 6.09. The zero-order chi connectivity index (χ0) is 27.7. The van der Waals surface area contributed by atoms with Crippen LogP contribution in [0.25, 0.3) is 0 Å². The summed E-state index contributed by atoms with van der Waals surface area (Å²) >= 11 is 1.67. The Kier molecular flexibility index (Phi) is 8.11. The van der Waals surface area contributed by atoms with Crippen LogP contribution in [0.15, 0.2) is 41.6 Å². The van der Waals surface area contributed by atoms with Gasteiger partial charge in [0, 0.05) is 37.8 Å². The molecule has 0 aromatic carbocycles. The number of fused-ring (bicyclic) bond motifs is 1. The molecule has 2 aliphatic carbocycles. The fraction of sp³-hybridized carbons (Fsp3) is 0.552. The summed E-state index contributed by atoms with van der Waals surface area (Å²) in [5, 5.41) is 10.1. The van der Waals surface area contributed by atoms with E-state index in [9.17, 15) is 19.2 Å². The predicted molar refractivity (Wildman–Crippen MR) is 151 cm³/mol. The Bertz CT molecular complexity index is 1250. The maximum Gasteiger partial charge on any atom is 0.243 e. The first kappa shape index (κ1) is 27.4. The number of rotatable bonds is 8. The molecule has 1 aromatic heterocycles. The molecule has 7 atom stereocenters. The van der Waals surface area contributed by atoms with Gasteiger partial charge in [-0.3, -0.25) is 24.2 Å². The van der Waals surface area contributed by atoms with E-state index in [4.69, 9.17) is 4.99 Å². The number of carbonyl (C=O) groups excluding carboxylic acids is 4. The number of amides is 3. The van der Waals surface area contributed by atoms with Gasteiger partial charge in [0.05, 0.1) is 34.7 Å². The Morgan fingerprint density at radius 3 is 2.77 bits per heavy atom. The van der Waals surface area contributed by atoms with Gasteiger partial charge >= 0.3 is 0 Å². The molecule has 1 aromatic rings. The van der Waals surface area contributed by atoms with Gasteiger partial charge in [-0.2, -0.15) is 0 Å². The van der Waals surface area contributed by atoms with Crippen molar-refractivity contribution in [2.24, 2.45) is 16.8 Å². The van der Waals surface area contributed by atoms with Crippen molar-refractivity contribution >= 4 is 40.3 Å². The van der Waals surface area contributed by atoms with Gasteiger partial charge in [0.2, 0.25) is 17.7 Å². The standard InChI is InChI=1S/C29H37N5O4S/c1-4-16(2)26(31-17(3)35)29(38)33-21-10-9-18-11-12-34-15-19(13-22(36)25(21)27(18)34)28(37)30-14-24-32-20-7-5-6-8-23(20)39-24/h5-8,11-12,16,19-21,23,25-26H,4,9-10,13-15H2,1-3H3,(H,30,37)(H,31,35)(H,33,38)/t16-,19-,20?,21-,23?,25?,26-/m0/s1. The molecule has 3 unspecified atom stereocenters. The Labute approximate surface area is 233 Å². The Morgan fingerprint density at radius 1 is 1.23 bits per heavy atom. The maximum atomic E-state index is 13.7. The van der Waals surface area contributed by atoms with Gasteiger partial charge in [-0.25, -0.2) is 0 Å². The van der Waals surface area contributed by atoms with Gasteiger partial charge in [0.25, 0.3) is 0 Å². The van der Waals surface area contributed by atoms with Crippen molar-refractivity contribution in [2.75, 3.05) is 6.54 Å². The summed E-state index contributed by atoms with van der Waals surface area (Å²) in [6.07, 6.45) is 12.4. The highest BCUT2D eigenvalue weighted by molar-refractivity contribution is 8.15. The average molecular weight is 552 g/mol. The highest BCUT2D eigenvalue weighted by Crippen LogP contribution is 2.38. The number of nitrogens with zero attached hydrogens (tertiary/aromatic N) is 2. The lowest BCUT2D eigenvalue weighted by molar-refractivity contribution is -0.131. The molecule has 0 spiro atoms. The molecule has 3 N–H and O–H groups in total. The molecule has 208 valence electrons. The normalized spacial score (nSPS) is 28.4. The number of Topliss-reactive ketones (excluding diaryl/α,β-unsaturated/α-hetero) is 1. The minimum Gasteiger partial charge on any atom is -0.350 e. The van der Waals surface area contributed by atoms with E-state index in [2.05, 4.69) is 28.1 Å². The van der Waals surface area contributed by atoms with E-state index in [0.717, 1.165) is 29.1 Å². The van der Waals surface area contributed by atoms with Crippen LogP contribution in [-0.4, -0.2) is 63.0 Å². The fourth-order valence-electron chi connectivity index (χ4n) is 6.07. The number of thioether (sulfide) groups is 1. The summed E-state index contributed by atoms with van der Waals surface area (Å²) in [4.78, 5) is 56.8. The minimum atomic E-state index is -0.661. The highest BCUT2D eigenvalue weighted by atomic mass is 32.2. The van der Waals surface area contributed by atoms with Gasteiger partial charge in [-0.05, 0) is 30.4 Å². The molecule has 39 heavy (non-hydrogen) atoms. The molecule has 0 saturated carbocycles. The Hall–Kier alpha value is -3.14. The molecule has 0 bridgehead atoms. The molecule has 2 aliphatic heterocycles. The molecule has 9 nitrogen and oxygen atoms in total.